The highest BCUT2D eigenvalue weighted by molar-refractivity contribution is 6.18. The van der Waals surface area contributed by atoms with Crippen LogP contribution in [0.2, 0.25) is 0 Å². The van der Waals surface area contributed by atoms with Gasteiger partial charge in [0.1, 0.15) is 18.2 Å². The zero-order chi connectivity index (χ0) is 15.0. The Morgan fingerprint density at radius 2 is 1.95 bits per heavy atom. The first-order valence-electron chi connectivity index (χ1n) is 5.60. The zero-order valence-electron chi connectivity index (χ0n) is 10.3. The van der Waals surface area contributed by atoms with Gasteiger partial charge in [-0.1, -0.05) is 11.8 Å². The minimum absolute atomic E-state index is 0.194. The van der Waals surface area contributed by atoms with Gasteiger partial charge in [-0.3, -0.25) is 4.74 Å². The van der Waals surface area contributed by atoms with Gasteiger partial charge in [-0.2, -0.15) is 0 Å². The number of alkyl halides is 4. The van der Waals surface area contributed by atoms with Crippen molar-refractivity contribution in [3.8, 4) is 17.6 Å². The number of rotatable bonds is 5. The first-order chi connectivity index (χ1) is 9.42. The summed E-state index contributed by atoms with van der Waals surface area (Å²) in [5.41, 5.74) is 0.252. The maximum absolute atomic E-state index is 13.1. The van der Waals surface area contributed by atoms with Crippen LogP contribution in [0, 0.1) is 17.7 Å². The maximum atomic E-state index is 13.1. The molecule has 0 fully saturated rings. The average Bonchev–Trinajstić information content (AvgIpc) is 2.36. The van der Waals surface area contributed by atoms with Crippen LogP contribution in [0.5, 0.6) is 5.75 Å². The third-order valence-electron chi connectivity index (χ3n) is 1.99. The Kier molecular flexibility index (Phi) is 6.62. The quantitative estimate of drug-likeness (QED) is 0.357. The minimum atomic E-state index is -4.70. The van der Waals surface area contributed by atoms with Crippen LogP contribution in [-0.4, -0.2) is 25.5 Å². The molecule has 0 spiro atoms. The van der Waals surface area contributed by atoms with Crippen molar-refractivity contribution in [3.05, 3.63) is 29.6 Å². The van der Waals surface area contributed by atoms with E-state index in [1.807, 2.05) is 0 Å². The molecular weight excluding hydrogens is 300 g/mol. The number of hydrogen-bond donors (Lipinski definition) is 0. The van der Waals surface area contributed by atoms with Crippen LogP contribution in [0.3, 0.4) is 0 Å². The van der Waals surface area contributed by atoms with E-state index in [1.54, 1.807) is 0 Å². The molecule has 0 atom stereocenters. The van der Waals surface area contributed by atoms with E-state index in [0.29, 0.717) is 12.3 Å². The monoisotopic (exact) mass is 310 g/mol. The van der Waals surface area contributed by atoms with E-state index in [2.05, 4.69) is 16.6 Å². The minimum Gasteiger partial charge on any atom is -0.490 e. The molecule has 1 aromatic carbocycles. The molecule has 0 saturated carbocycles. The molecule has 0 N–H and O–H groups in total. The summed E-state index contributed by atoms with van der Waals surface area (Å²) in [5, 5.41) is 0. The van der Waals surface area contributed by atoms with Crippen LogP contribution in [0.1, 0.15) is 12.0 Å². The fourth-order valence-electron chi connectivity index (χ4n) is 1.24. The van der Waals surface area contributed by atoms with Crippen molar-refractivity contribution in [1.82, 2.24) is 0 Å². The molecular formula is C13H11ClF4O2. The molecule has 0 radical (unpaired) electrons. The van der Waals surface area contributed by atoms with Crippen molar-refractivity contribution in [1.29, 1.82) is 0 Å². The number of halogens is 5. The Bertz CT molecular complexity index is 491. The molecule has 2 nitrogen and oxygen atoms in total. The van der Waals surface area contributed by atoms with Gasteiger partial charge in [-0.15, -0.1) is 24.8 Å². The zero-order valence-corrected chi connectivity index (χ0v) is 11.0. The van der Waals surface area contributed by atoms with Crippen LogP contribution in [-0.2, 0) is 4.74 Å². The van der Waals surface area contributed by atoms with Gasteiger partial charge in [0.2, 0.25) is 0 Å². The summed E-state index contributed by atoms with van der Waals surface area (Å²) in [5.74, 6) is 5.35. The SMILES string of the molecule is Fc1ccc(OCCOC(F)(F)F)c(C#CCCCl)c1. The summed E-state index contributed by atoms with van der Waals surface area (Å²) < 4.78 is 57.0. The normalized spacial score (nSPS) is 10.8. The van der Waals surface area contributed by atoms with Crippen molar-refractivity contribution in [2.24, 2.45) is 0 Å². The van der Waals surface area contributed by atoms with E-state index in [1.165, 1.54) is 6.07 Å². The lowest BCUT2D eigenvalue weighted by Crippen LogP contribution is -2.18. The van der Waals surface area contributed by atoms with Gasteiger partial charge in [0.05, 0.1) is 12.2 Å². The molecule has 0 unspecified atom stereocenters. The standard InChI is InChI=1S/C13H11ClF4O2/c14-6-2-1-3-10-9-11(15)4-5-12(10)19-7-8-20-13(16,17)18/h4-5,9H,2,6-8H2. The third-order valence-corrected chi connectivity index (χ3v) is 2.18. The van der Waals surface area contributed by atoms with Crippen LogP contribution in [0.25, 0.3) is 0 Å². The molecule has 0 aliphatic carbocycles. The fraction of sp³-hybridized carbons (Fsp3) is 0.385. The number of ether oxygens (including phenoxy) is 2. The second kappa shape index (κ2) is 7.98. The Labute approximate surface area is 118 Å². The molecule has 0 aromatic heterocycles. The van der Waals surface area contributed by atoms with Crippen molar-refractivity contribution in [2.45, 2.75) is 12.8 Å². The third kappa shape index (κ3) is 6.64. The van der Waals surface area contributed by atoms with Crippen LogP contribution in [0.4, 0.5) is 17.6 Å². The highest BCUT2D eigenvalue weighted by Gasteiger charge is 2.28. The van der Waals surface area contributed by atoms with Gasteiger partial charge in [-0.05, 0) is 18.2 Å². The molecule has 0 bridgehead atoms. The fourth-order valence-corrected chi connectivity index (χ4v) is 1.33. The lowest BCUT2D eigenvalue weighted by Gasteiger charge is -2.10. The van der Waals surface area contributed by atoms with Crippen molar-refractivity contribution in [3.63, 3.8) is 0 Å². The van der Waals surface area contributed by atoms with E-state index in [9.17, 15) is 17.6 Å². The summed E-state index contributed by atoms with van der Waals surface area (Å²) in [7, 11) is 0. The average molecular weight is 311 g/mol. The van der Waals surface area contributed by atoms with E-state index < -0.39 is 18.8 Å². The highest BCUT2D eigenvalue weighted by Crippen LogP contribution is 2.20. The van der Waals surface area contributed by atoms with Crippen molar-refractivity contribution >= 4 is 11.6 Å². The van der Waals surface area contributed by atoms with Crippen molar-refractivity contribution < 1.29 is 27.0 Å². The molecule has 0 heterocycles. The lowest BCUT2D eigenvalue weighted by molar-refractivity contribution is -0.325. The Morgan fingerprint density at radius 1 is 1.20 bits per heavy atom. The summed E-state index contributed by atoms with van der Waals surface area (Å²) in [6, 6.07) is 3.57. The lowest BCUT2D eigenvalue weighted by atomic mass is 10.2. The van der Waals surface area contributed by atoms with Crippen LogP contribution >= 0.6 is 11.6 Å². The van der Waals surface area contributed by atoms with E-state index in [4.69, 9.17) is 16.3 Å². The second-order valence-corrected chi connectivity index (χ2v) is 3.90. The van der Waals surface area contributed by atoms with Gasteiger partial charge in [-0.25, -0.2) is 4.39 Å². The largest absolute Gasteiger partial charge is 0.522 e. The van der Waals surface area contributed by atoms with E-state index in [0.717, 1.165) is 12.1 Å². The van der Waals surface area contributed by atoms with Crippen molar-refractivity contribution in [2.75, 3.05) is 19.1 Å². The van der Waals surface area contributed by atoms with Gasteiger partial charge >= 0.3 is 6.36 Å². The summed E-state index contributed by atoms with van der Waals surface area (Å²) in [6.07, 6.45) is -4.29. The molecule has 0 saturated heterocycles. The number of benzene rings is 1. The van der Waals surface area contributed by atoms with Crippen LogP contribution in [0.15, 0.2) is 18.2 Å². The Hall–Kier alpha value is -1.45. The topological polar surface area (TPSA) is 18.5 Å². The van der Waals surface area contributed by atoms with Crippen LogP contribution < -0.4 is 4.74 Å². The predicted octanol–water partition coefficient (Wildman–Crippen LogP) is 3.72. The summed E-state index contributed by atoms with van der Waals surface area (Å²) in [6.45, 7) is -0.981. The first kappa shape index (κ1) is 16.6. The van der Waals surface area contributed by atoms with Gasteiger partial charge in [0.25, 0.3) is 0 Å². The molecule has 0 amide bonds. The predicted molar refractivity (Wildman–Crippen MR) is 66.1 cm³/mol. The van der Waals surface area contributed by atoms with Gasteiger partial charge < -0.3 is 4.74 Å². The molecule has 0 aliphatic rings. The number of hydrogen-bond acceptors (Lipinski definition) is 2. The first-order valence-corrected chi connectivity index (χ1v) is 6.13. The molecule has 110 valence electrons. The summed E-state index contributed by atoms with van der Waals surface area (Å²) in [4.78, 5) is 0. The van der Waals surface area contributed by atoms with E-state index in [-0.39, 0.29) is 17.9 Å². The molecule has 7 heteroatoms. The van der Waals surface area contributed by atoms with Gasteiger partial charge in [0, 0.05) is 12.3 Å². The maximum Gasteiger partial charge on any atom is 0.522 e. The molecule has 0 aliphatic heterocycles. The molecule has 1 rings (SSSR count). The smallest absolute Gasteiger partial charge is 0.490 e. The van der Waals surface area contributed by atoms with Gasteiger partial charge in [0.15, 0.2) is 0 Å². The molecule has 20 heavy (non-hydrogen) atoms. The Morgan fingerprint density at radius 3 is 2.60 bits per heavy atom. The molecule has 1 aromatic rings. The summed E-state index contributed by atoms with van der Waals surface area (Å²) >= 11 is 5.45. The highest BCUT2D eigenvalue weighted by atomic mass is 35.5. The van der Waals surface area contributed by atoms with E-state index >= 15 is 0 Å². The second-order valence-electron chi connectivity index (χ2n) is 3.52. The Balaban J connectivity index is 2.63.